The Morgan fingerprint density at radius 2 is 1.80 bits per heavy atom. The van der Waals surface area contributed by atoms with Crippen LogP contribution in [0.25, 0.3) is 0 Å². The summed E-state index contributed by atoms with van der Waals surface area (Å²) >= 11 is 6.16. The average molecular weight is 290 g/mol. The van der Waals surface area contributed by atoms with Crippen LogP contribution in [0.3, 0.4) is 0 Å². The summed E-state index contributed by atoms with van der Waals surface area (Å²) in [5.74, 6) is 0. The Labute approximate surface area is 125 Å². The average Bonchev–Trinajstić information content (AvgIpc) is 2.46. The standard InChI is InChI=1S/C17H20ClNO/c1-13-7-9-14(10-8-13)17(11-19-2)20-12-15-5-3-4-6-16(15)18/h3-10,17,19H,11-12H2,1-2H3. The van der Waals surface area contributed by atoms with E-state index in [-0.39, 0.29) is 6.10 Å². The Morgan fingerprint density at radius 3 is 2.45 bits per heavy atom. The van der Waals surface area contributed by atoms with E-state index in [2.05, 4.69) is 36.5 Å². The van der Waals surface area contributed by atoms with Crippen molar-refractivity contribution in [1.29, 1.82) is 0 Å². The fourth-order valence-electron chi connectivity index (χ4n) is 2.05. The minimum atomic E-state index is 0.0249. The van der Waals surface area contributed by atoms with Crippen LogP contribution in [0, 0.1) is 6.92 Å². The second kappa shape index (κ2) is 7.44. The molecule has 106 valence electrons. The first-order chi connectivity index (χ1) is 9.70. The zero-order chi connectivity index (χ0) is 14.4. The van der Waals surface area contributed by atoms with Gasteiger partial charge in [-0.15, -0.1) is 0 Å². The molecular weight excluding hydrogens is 270 g/mol. The summed E-state index contributed by atoms with van der Waals surface area (Å²) in [5.41, 5.74) is 3.45. The van der Waals surface area contributed by atoms with Gasteiger partial charge >= 0.3 is 0 Å². The van der Waals surface area contributed by atoms with Crippen LogP contribution < -0.4 is 5.32 Å². The number of likely N-dealkylation sites (N-methyl/N-ethyl adjacent to an activating group) is 1. The normalized spacial score (nSPS) is 12.3. The van der Waals surface area contributed by atoms with Gasteiger partial charge in [-0.05, 0) is 31.2 Å². The van der Waals surface area contributed by atoms with E-state index in [0.29, 0.717) is 6.61 Å². The molecule has 20 heavy (non-hydrogen) atoms. The summed E-state index contributed by atoms with van der Waals surface area (Å²) in [4.78, 5) is 0. The largest absolute Gasteiger partial charge is 0.367 e. The lowest BCUT2D eigenvalue weighted by Crippen LogP contribution is -2.19. The number of rotatable bonds is 6. The number of hydrogen-bond acceptors (Lipinski definition) is 2. The molecule has 3 heteroatoms. The van der Waals surface area contributed by atoms with Crippen LogP contribution in [-0.2, 0) is 11.3 Å². The van der Waals surface area contributed by atoms with Crippen LogP contribution in [0.5, 0.6) is 0 Å². The zero-order valence-corrected chi connectivity index (χ0v) is 12.7. The topological polar surface area (TPSA) is 21.3 Å². The Morgan fingerprint density at radius 1 is 1.10 bits per heavy atom. The van der Waals surface area contributed by atoms with Crippen LogP contribution in [-0.4, -0.2) is 13.6 Å². The van der Waals surface area contributed by atoms with Crippen molar-refractivity contribution in [2.24, 2.45) is 0 Å². The predicted octanol–water partition coefficient (Wildman–Crippen LogP) is 4.13. The number of nitrogens with one attached hydrogen (secondary N) is 1. The lowest BCUT2D eigenvalue weighted by Gasteiger charge is -2.19. The van der Waals surface area contributed by atoms with Crippen LogP contribution in [0.1, 0.15) is 22.8 Å². The molecule has 0 heterocycles. The van der Waals surface area contributed by atoms with E-state index >= 15 is 0 Å². The highest BCUT2D eigenvalue weighted by Crippen LogP contribution is 2.22. The summed E-state index contributed by atoms with van der Waals surface area (Å²) in [7, 11) is 1.93. The Hall–Kier alpha value is -1.35. The van der Waals surface area contributed by atoms with Crippen molar-refractivity contribution < 1.29 is 4.74 Å². The van der Waals surface area contributed by atoms with Gasteiger partial charge in [0.2, 0.25) is 0 Å². The first-order valence-corrected chi connectivity index (χ1v) is 7.14. The molecule has 0 aliphatic carbocycles. The molecule has 0 radical (unpaired) electrons. The third kappa shape index (κ3) is 4.07. The molecule has 0 saturated heterocycles. The molecule has 2 rings (SSSR count). The molecule has 0 aliphatic rings. The molecule has 2 nitrogen and oxygen atoms in total. The highest BCUT2D eigenvalue weighted by molar-refractivity contribution is 6.31. The second-order valence-electron chi connectivity index (χ2n) is 4.86. The van der Waals surface area contributed by atoms with Gasteiger partial charge in [-0.3, -0.25) is 0 Å². The maximum absolute atomic E-state index is 6.16. The summed E-state index contributed by atoms with van der Waals surface area (Å²) in [6.45, 7) is 3.37. The van der Waals surface area contributed by atoms with Crippen LogP contribution in [0.4, 0.5) is 0 Å². The Bertz CT molecular complexity index is 539. The molecule has 2 aromatic carbocycles. The molecule has 0 saturated carbocycles. The Kier molecular flexibility index (Phi) is 5.60. The van der Waals surface area contributed by atoms with Crippen molar-refractivity contribution in [2.75, 3.05) is 13.6 Å². The van der Waals surface area contributed by atoms with Crippen molar-refractivity contribution in [1.82, 2.24) is 5.32 Å². The van der Waals surface area contributed by atoms with Gasteiger partial charge in [0.15, 0.2) is 0 Å². The van der Waals surface area contributed by atoms with Gasteiger partial charge in [0, 0.05) is 11.6 Å². The fraction of sp³-hybridized carbons (Fsp3) is 0.294. The van der Waals surface area contributed by atoms with E-state index in [9.17, 15) is 0 Å². The molecule has 0 fully saturated rings. The monoisotopic (exact) mass is 289 g/mol. The molecular formula is C17H20ClNO. The molecule has 0 aliphatic heterocycles. The van der Waals surface area contributed by atoms with Crippen molar-refractivity contribution in [3.63, 3.8) is 0 Å². The second-order valence-corrected chi connectivity index (χ2v) is 5.27. The van der Waals surface area contributed by atoms with Crippen LogP contribution in [0.15, 0.2) is 48.5 Å². The van der Waals surface area contributed by atoms with Gasteiger partial charge in [-0.1, -0.05) is 59.6 Å². The van der Waals surface area contributed by atoms with Gasteiger partial charge in [0.05, 0.1) is 12.7 Å². The molecule has 1 unspecified atom stereocenters. The van der Waals surface area contributed by atoms with E-state index in [1.165, 1.54) is 11.1 Å². The lowest BCUT2D eigenvalue weighted by atomic mass is 10.1. The third-order valence-electron chi connectivity index (χ3n) is 3.24. The van der Waals surface area contributed by atoms with E-state index in [4.69, 9.17) is 16.3 Å². The number of benzene rings is 2. The Balaban J connectivity index is 2.06. The smallest absolute Gasteiger partial charge is 0.0953 e. The van der Waals surface area contributed by atoms with Crippen LogP contribution >= 0.6 is 11.6 Å². The van der Waals surface area contributed by atoms with E-state index in [0.717, 1.165) is 17.1 Å². The molecule has 0 spiro atoms. The summed E-state index contributed by atoms with van der Waals surface area (Å²) < 4.78 is 6.03. The number of hydrogen-bond donors (Lipinski definition) is 1. The van der Waals surface area contributed by atoms with Crippen molar-refractivity contribution >= 4 is 11.6 Å². The first kappa shape index (κ1) is 15.0. The van der Waals surface area contributed by atoms with E-state index in [1.807, 2.05) is 31.3 Å². The third-order valence-corrected chi connectivity index (χ3v) is 3.61. The minimum Gasteiger partial charge on any atom is -0.367 e. The molecule has 1 N–H and O–H groups in total. The molecule has 0 aromatic heterocycles. The fourth-order valence-corrected chi connectivity index (χ4v) is 2.24. The molecule has 1 atom stereocenters. The minimum absolute atomic E-state index is 0.0249. The van der Waals surface area contributed by atoms with Crippen molar-refractivity contribution in [3.05, 3.63) is 70.2 Å². The lowest BCUT2D eigenvalue weighted by molar-refractivity contribution is 0.0411. The van der Waals surface area contributed by atoms with E-state index < -0.39 is 0 Å². The summed E-state index contributed by atoms with van der Waals surface area (Å²) in [6.07, 6.45) is 0.0249. The number of halogens is 1. The highest BCUT2D eigenvalue weighted by atomic mass is 35.5. The molecule has 2 aromatic rings. The van der Waals surface area contributed by atoms with E-state index in [1.54, 1.807) is 0 Å². The zero-order valence-electron chi connectivity index (χ0n) is 11.9. The maximum Gasteiger partial charge on any atom is 0.0953 e. The highest BCUT2D eigenvalue weighted by Gasteiger charge is 2.12. The molecule has 0 bridgehead atoms. The van der Waals surface area contributed by atoms with Gasteiger partial charge < -0.3 is 10.1 Å². The van der Waals surface area contributed by atoms with Gasteiger partial charge in [0.1, 0.15) is 0 Å². The SMILES string of the molecule is CNCC(OCc1ccccc1Cl)c1ccc(C)cc1. The summed E-state index contributed by atoms with van der Waals surface area (Å²) in [5, 5.41) is 3.92. The van der Waals surface area contributed by atoms with Gasteiger partial charge in [-0.25, -0.2) is 0 Å². The van der Waals surface area contributed by atoms with Crippen molar-refractivity contribution in [3.8, 4) is 0 Å². The summed E-state index contributed by atoms with van der Waals surface area (Å²) in [6, 6.07) is 16.2. The van der Waals surface area contributed by atoms with Crippen LogP contribution in [0.2, 0.25) is 5.02 Å². The number of aryl methyl sites for hydroxylation is 1. The predicted molar refractivity (Wildman–Crippen MR) is 84.1 cm³/mol. The van der Waals surface area contributed by atoms with Crippen molar-refractivity contribution in [2.45, 2.75) is 19.6 Å². The van der Waals surface area contributed by atoms with Gasteiger partial charge in [0.25, 0.3) is 0 Å². The number of ether oxygens (including phenoxy) is 1. The van der Waals surface area contributed by atoms with Gasteiger partial charge in [-0.2, -0.15) is 0 Å². The quantitative estimate of drug-likeness (QED) is 0.863. The molecule has 0 amide bonds. The first-order valence-electron chi connectivity index (χ1n) is 6.77. The maximum atomic E-state index is 6.16.